The van der Waals surface area contributed by atoms with Gasteiger partial charge in [-0.3, -0.25) is 5.32 Å². The largest absolute Gasteiger partial charge is 0.406 e. The Hall–Kier alpha value is -0.290. The molecule has 14 heavy (non-hydrogen) atoms. The van der Waals surface area contributed by atoms with Gasteiger partial charge in [0.05, 0.1) is 0 Å². The molecule has 0 radical (unpaired) electrons. The average molecular weight is 208 g/mol. The van der Waals surface area contributed by atoms with Gasteiger partial charge in [-0.05, 0) is 32.2 Å². The maximum Gasteiger partial charge on any atom is 0.406 e. The molecule has 1 saturated carbocycles. The van der Waals surface area contributed by atoms with Crippen LogP contribution in [0.2, 0.25) is 0 Å². The van der Waals surface area contributed by atoms with Crippen molar-refractivity contribution in [1.82, 2.24) is 10.6 Å². The molecule has 2 N–H and O–H groups in total. The Kier molecular flexibility index (Phi) is 2.47. The smallest absolute Gasteiger partial charge is 0.315 e. The van der Waals surface area contributed by atoms with Crippen molar-refractivity contribution in [3.05, 3.63) is 0 Å². The Morgan fingerprint density at radius 2 is 2.00 bits per heavy atom. The van der Waals surface area contributed by atoms with Gasteiger partial charge >= 0.3 is 6.18 Å². The molecule has 0 aromatic carbocycles. The van der Waals surface area contributed by atoms with Gasteiger partial charge in [0, 0.05) is 12.6 Å². The molecule has 5 heteroatoms. The highest BCUT2D eigenvalue weighted by Crippen LogP contribution is 2.49. The Bertz CT molecular complexity index is 205. The average Bonchev–Trinajstić information content (AvgIpc) is 2.86. The monoisotopic (exact) mass is 208 g/mol. The van der Waals surface area contributed by atoms with Gasteiger partial charge in [0.15, 0.2) is 0 Å². The van der Waals surface area contributed by atoms with Gasteiger partial charge in [-0.25, -0.2) is 0 Å². The molecule has 2 nitrogen and oxygen atoms in total. The van der Waals surface area contributed by atoms with E-state index in [0.717, 1.165) is 19.4 Å². The molecular formula is C9H15F3N2. The van der Waals surface area contributed by atoms with Crippen molar-refractivity contribution >= 4 is 0 Å². The fourth-order valence-corrected chi connectivity index (χ4v) is 2.00. The molecule has 2 rings (SSSR count). The lowest BCUT2D eigenvalue weighted by Gasteiger charge is -2.30. The maximum atomic E-state index is 12.6. The molecule has 82 valence electrons. The van der Waals surface area contributed by atoms with E-state index in [-0.39, 0.29) is 18.9 Å². The predicted octanol–water partition coefficient (Wildman–Crippen LogP) is 1.42. The first-order valence-corrected chi connectivity index (χ1v) is 5.09. The van der Waals surface area contributed by atoms with E-state index in [2.05, 4.69) is 10.6 Å². The Morgan fingerprint density at radius 3 is 2.43 bits per heavy atom. The number of rotatable bonds is 2. The molecule has 1 atom stereocenters. The summed E-state index contributed by atoms with van der Waals surface area (Å²) in [7, 11) is 0. The fraction of sp³-hybridized carbons (Fsp3) is 1.00. The normalized spacial score (nSPS) is 31.5. The number of hydrogen-bond donors (Lipinski definition) is 2. The number of hydrogen-bond acceptors (Lipinski definition) is 2. The van der Waals surface area contributed by atoms with Crippen LogP contribution < -0.4 is 10.6 Å². The van der Waals surface area contributed by atoms with Crippen molar-refractivity contribution in [2.24, 2.45) is 0 Å². The van der Waals surface area contributed by atoms with Gasteiger partial charge in [0.2, 0.25) is 0 Å². The van der Waals surface area contributed by atoms with Crippen LogP contribution in [0.3, 0.4) is 0 Å². The fourth-order valence-electron chi connectivity index (χ4n) is 2.00. The third kappa shape index (κ3) is 1.88. The van der Waals surface area contributed by atoms with Crippen LogP contribution in [0.25, 0.3) is 0 Å². The van der Waals surface area contributed by atoms with E-state index in [0.29, 0.717) is 6.54 Å². The molecule has 2 fully saturated rings. The molecule has 1 aliphatic carbocycles. The first kappa shape index (κ1) is 10.2. The lowest BCUT2D eigenvalue weighted by atomic mass is 10.1. The van der Waals surface area contributed by atoms with Gasteiger partial charge in [-0.15, -0.1) is 0 Å². The first-order valence-electron chi connectivity index (χ1n) is 5.09. The summed E-state index contributed by atoms with van der Waals surface area (Å²) in [6.45, 7) is 1.59. The minimum Gasteiger partial charge on any atom is -0.315 e. The summed E-state index contributed by atoms with van der Waals surface area (Å²) >= 11 is 0. The summed E-state index contributed by atoms with van der Waals surface area (Å²) in [6.07, 6.45) is -1.78. The number of piperidine rings is 1. The van der Waals surface area contributed by atoms with Gasteiger partial charge in [0.1, 0.15) is 5.54 Å². The van der Waals surface area contributed by atoms with Crippen molar-refractivity contribution < 1.29 is 13.2 Å². The highest BCUT2D eigenvalue weighted by atomic mass is 19.4. The summed E-state index contributed by atoms with van der Waals surface area (Å²) in [4.78, 5) is 0. The van der Waals surface area contributed by atoms with Crippen LogP contribution in [0.1, 0.15) is 25.7 Å². The Labute approximate surface area is 81.2 Å². The van der Waals surface area contributed by atoms with Crippen LogP contribution in [0, 0.1) is 0 Å². The van der Waals surface area contributed by atoms with Crippen LogP contribution in [-0.4, -0.2) is 30.8 Å². The lowest BCUT2D eigenvalue weighted by molar-refractivity contribution is -0.168. The summed E-state index contributed by atoms with van der Waals surface area (Å²) < 4.78 is 37.7. The molecule has 1 unspecified atom stereocenters. The summed E-state index contributed by atoms with van der Waals surface area (Å²) in [6, 6.07) is -0.00660. The summed E-state index contributed by atoms with van der Waals surface area (Å²) in [5, 5.41) is 5.87. The first-order chi connectivity index (χ1) is 6.54. The molecule has 1 heterocycles. The molecule has 0 bridgehead atoms. The van der Waals surface area contributed by atoms with Crippen LogP contribution >= 0.6 is 0 Å². The zero-order valence-corrected chi connectivity index (χ0v) is 7.95. The van der Waals surface area contributed by atoms with E-state index in [1.807, 2.05) is 0 Å². The molecule has 0 spiro atoms. The second kappa shape index (κ2) is 3.38. The Morgan fingerprint density at radius 1 is 1.29 bits per heavy atom. The van der Waals surface area contributed by atoms with Gasteiger partial charge < -0.3 is 5.32 Å². The van der Waals surface area contributed by atoms with Crippen molar-refractivity contribution in [1.29, 1.82) is 0 Å². The van der Waals surface area contributed by atoms with Crippen molar-refractivity contribution in [2.45, 2.75) is 43.4 Å². The Balaban J connectivity index is 1.90. The van der Waals surface area contributed by atoms with E-state index in [9.17, 15) is 13.2 Å². The molecule has 1 saturated heterocycles. The van der Waals surface area contributed by atoms with Gasteiger partial charge in [-0.2, -0.15) is 13.2 Å². The van der Waals surface area contributed by atoms with Crippen molar-refractivity contribution in [3.63, 3.8) is 0 Å². The zero-order valence-electron chi connectivity index (χ0n) is 7.95. The van der Waals surface area contributed by atoms with Gasteiger partial charge in [0.25, 0.3) is 0 Å². The predicted molar refractivity (Wildman–Crippen MR) is 47.0 cm³/mol. The SMILES string of the molecule is FC(F)(F)C1(NC2CCCNC2)CC1. The third-order valence-corrected chi connectivity index (χ3v) is 3.07. The highest BCUT2D eigenvalue weighted by Gasteiger charge is 2.63. The number of nitrogens with one attached hydrogen (secondary N) is 2. The van der Waals surface area contributed by atoms with Crippen LogP contribution in [0.4, 0.5) is 13.2 Å². The van der Waals surface area contributed by atoms with E-state index in [1.165, 1.54) is 0 Å². The minimum absolute atomic E-state index is 0.00660. The maximum absolute atomic E-state index is 12.6. The highest BCUT2D eigenvalue weighted by molar-refractivity contribution is 5.09. The van der Waals surface area contributed by atoms with Crippen molar-refractivity contribution in [2.75, 3.05) is 13.1 Å². The van der Waals surface area contributed by atoms with E-state index in [1.54, 1.807) is 0 Å². The zero-order chi connectivity index (χ0) is 10.2. The van der Waals surface area contributed by atoms with Crippen LogP contribution in [0.15, 0.2) is 0 Å². The number of halogens is 3. The second-order valence-corrected chi connectivity index (χ2v) is 4.27. The van der Waals surface area contributed by atoms with Gasteiger partial charge in [-0.1, -0.05) is 0 Å². The summed E-state index contributed by atoms with van der Waals surface area (Å²) in [5.74, 6) is 0. The van der Waals surface area contributed by atoms with Crippen LogP contribution in [0.5, 0.6) is 0 Å². The van der Waals surface area contributed by atoms with Crippen LogP contribution in [-0.2, 0) is 0 Å². The standard InChI is InChI=1S/C9H15F3N2/c10-9(11,12)8(3-4-8)14-7-2-1-5-13-6-7/h7,13-14H,1-6H2. The molecule has 0 aromatic rings. The minimum atomic E-state index is -4.08. The number of alkyl halides is 3. The summed E-state index contributed by atoms with van der Waals surface area (Å²) in [5.41, 5.74) is -1.54. The quantitative estimate of drug-likeness (QED) is 0.717. The molecule has 2 aliphatic rings. The molecule has 1 aliphatic heterocycles. The molecular weight excluding hydrogens is 193 g/mol. The van der Waals surface area contributed by atoms with E-state index >= 15 is 0 Å². The topological polar surface area (TPSA) is 24.1 Å². The molecule has 0 amide bonds. The van der Waals surface area contributed by atoms with E-state index in [4.69, 9.17) is 0 Å². The second-order valence-electron chi connectivity index (χ2n) is 4.27. The molecule has 0 aromatic heterocycles. The lowest BCUT2D eigenvalue weighted by Crippen LogP contribution is -2.54. The van der Waals surface area contributed by atoms with E-state index < -0.39 is 11.7 Å². The third-order valence-electron chi connectivity index (χ3n) is 3.07. The van der Waals surface area contributed by atoms with Crippen molar-refractivity contribution in [3.8, 4) is 0 Å².